The van der Waals surface area contributed by atoms with Gasteiger partial charge < -0.3 is 9.73 Å². The van der Waals surface area contributed by atoms with Gasteiger partial charge in [-0.05, 0) is 44.0 Å². The lowest BCUT2D eigenvalue weighted by Crippen LogP contribution is -2.28. The molecular weight excluding hydrogens is 476 g/mol. The van der Waals surface area contributed by atoms with E-state index in [-0.39, 0.29) is 34.3 Å². The summed E-state index contributed by atoms with van der Waals surface area (Å²) in [6, 6.07) is 20.5. The van der Waals surface area contributed by atoms with Gasteiger partial charge in [-0.3, -0.25) is 9.59 Å². The van der Waals surface area contributed by atoms with Crippen LogP contribution in [-0.2, 0) is 10.0 Å². The van der Waals surface area contributed by atoms with Crippen molar-refractivity contribution in [3.63, 3.8) is 0 Å². The highest BCUT2D eigenvalue weighted by molar-refractivity contribution is 7.89. The summed E-state index contributed by atoms with van der Waals surface area (Å²) in [5.41, 5.74) is 2.76. The minimum Gasteiger partial charge on any atom is -0.450 e. The van der Waals surface area contributed by atoms with Crippen molar-refractivity contribution < 1.29 is 22.4 Å². The molecule has 3 aromatic carbocycles. The van der Waals surface area contributed by atoms with Gasteiger partial charge in [0.2, 0.25) is 15.8 Å². The number of aryl methyl sites for hydroxylation is 1. The maximum Gasteiger partial charge on any atom is 0.243 e. The van der Waals surface area contributed by atoms with Crippen molar-refractivity contribution in [2.45, 2.75) is 24.7 Å². The molecule has 1 aromatic heterocycles. The van der Waals surface area contributed by atoms with Crippen LogP contribution >= 0.6 is 0 Å². The van der Waals surface area contributed by atoms with Gasteiger partial charge in [-0.25, -0.2) is 8.42 Å². The second-order valence-corrected chi connectivity index (χ2v) is 10.9. The molecule has 2 heterocycles. The number of nitrogens with zero attached hydrogens (tertiary/aromatic N) is 1. The second-order valence-electron chi connectivity index (χ2n) is 8.91. The molecule has 0 atom stereocenters. The molecule has 0 spiro atoms. The summed E-state index contributed by atoms with van der Waals surface area (Å²) in [5.74, 6) is -0.467. The van der Waals surface area contributed by atoms with Crippen molar-refractivity contribution in [3.8, 4) is 0 Å². The smallest absolute Gasteiger partial charge is 0.243 e. The van der Waals surface area contributed by atoms with Crippen LogP contribution in [0.5, 0.6) is 0 Å². The second kappa shape index (κ2) is 9.72. The van der Waals surface area contributed by atoms with Gasteiger partial charge in [-0.1, -0.05) is 54.1 Å². The van der Waals surface area contributed by atoms with Gasteiger partial charge >= 0.3 is 0 Å². The molecule has 1 aliphatic rings. The molecule has 0 bridgehead atoms. The molecule has 36 heavy (non-hydrogen) atoms. The average Bonchev–Trinajstić information content (AvgIpc) is 3.56. The van der Waals surface area contributed by atoms with Crippen LogP contribution in [0.1, 0.15) is 44.9 Å². The Balaban J connectivity index is 1.41. The summed E-state index contributed by atoms with van der Waals surface area (Å²) in [5, 5.41) is 3.77. The highest BCUT2D eigenvalue weighted by Crippen LogP contribution is 2.32. The summed E-state index contributed by atoms with van der Waals surface area (Å²) >= 11 is 0. The largest absolute Gasteiger partial charge is 0.450 e. The fourth-order valence-corrected chi connectivity index (χ4v) is 5.96. The number of Topliss-reactive ketones (excluding diaryl/α,β-unsaturated/α-hetero) is 1. The first-order valence-corrected chi connectivity index (χ1v) is 13.3. The summed E-state index contributed by atoms with van der Waals surface area (Å²) in [7, 11) is -3.63. The van der Waals surface area contributed by atoms with Gasteiger partial charge in [-0.15, -0.1) is 0 Å². The zero-order chi connectivity index (χ0) is 25.3. The first-order chi connectivity index (χ1) is 17.3. The molecule has 0 radical (unpaired) electrons. The van der Waals surface area contributed by atoms with Crippen LogP contribution in [0.2, 0.25) is 0 Å². The molecule has 5 rings (SSSR count). The maximum absolute atomic E-state index is 13.3. The molecule has 1 fully saturated rings. The molecule has 0 amide bonds. The summed E-state index contributed by atoms with van der Waals surface area (Å²) in [6.45, 7) is 2.80. The molecule has 184 valence electrons. The predicted octanol–water partition coefficient (Wildman–Crippen LogP) is 5.05. The van der Waals surface area contributed by atoms with Gasteiger partial charge in [-0.2, -0.15) is 4.31 Å². The van der Waals surface area contributed by atoms with E-state index >= 15 is 0 Å². The molecule has 1 N–H and O–H groups in total. The first-order valence-electron chi connectivity index (χ1n) is 11.8. The fraction of sp³-hybridized carbons (Fsp3) is 0.214. The van der Waals surface area contributed by atoms with E-state index in [0.717, 1.165) is 18.4 Å². The molecule has 1 aliphatic heterocycles. The van der Waals surface area contributed by atoms with Crippen molar-refractivity contribution in [1.29, 1.82) is 0 Å². The Morgan fingerprint density at radius 1 is 0.917 bits per heavy atom. The van der Waals surface area contributed by atoms with E-state index in [1.807, 2.05) is 37.3 Å². The Hall–Kier alpha value is -3.75. The number of ketones is 2. The average molecular weight is 503 g/mol. The normalized spacial score (nSPS) is 14.2. The van der Waals surface area contributed by atoms with Crippen LogP contribution in [-0.4, -0.2) is 43.9 Å². The number of carbonyl (C=O) groups excluding carboxylic acids is 2. The molecule has 0 aliphatic carbocycles. The number of benzene rings is 3. The number of furan rings is 1. The van der Waals surface area contributed by atoms with E-state index in [4.69, 9.17) is 4.42 Å². The van der Waals surface area contributed by atoms with Crippen molar-refractivity contribution in [2.75, 3.05) is 25.0 Å². The number of hydrogen-bond donors (Lipinski definition) is 1. The van der Waals surface area contributed by atoms with Crippen molar-refractivity contribution in [3.05, 3.63) is 95.2 Å². The number of anilines is 1. The highest BCUT2D eigenvalue weighted by atomic mass is 32.2. The number of sulfonamides is 1. The minimum atomic E-state index is -3.63. The van der Waals surface area contributed by atoms with E-state index in [1.54, 1.807) is 30.3 Å². The Morgan fingerprint density at radius 3 is 2.39 bits per heavy atom. The predicted molar refractivity (Wildman–Crippen MR) is 138 cm³/mol. The molecule has 0 saturated carbocycles. The van der Waals surface area contributed by atoms with Crippen LogP contribution in [0.15, 0.2) is 82.1 Å². The molecule has 7 nitrogen and oxygen atoms in total. The lowest BCUT2D eigenvalue weighted by Gasteiger charge is -2.16. The number of para-hydroxylation sites is 1. The van der Waals surface area contributed by atoms with Crippen LogP contribution in [0, 0.1) is 6.92 Å². The first kappa shape index (κ1) is 24.0. The Morgan fingerprint density at radius 2 is 1.64 bits per heavy atom. The number of fused-ring (bicyclic) bond motifs is 1. The Bertz CT molecular complexity index is 1550. The number of hydrogen-bond acceptors (Lipinski definition) is 6. The quantitative estimate of drug-likeness (QED) is 0.339. The van der Waals surface area contributed by atoms with Crippen molar-refractivity contribution in [2.24, 2.45) is 0 Å². The van der Waals surface area contributed by atoms with Crippen molar-refractivity contribution in [1.82, 2.24) is 4.31 Å². The Kier molecular flexibility index (Phi) is 6.47. The lowest BCUT2D eigenvalue weighted by atomic mass is 10.1. The van der Waals surface area contributed by atoms with E-state index in [0.29, 0.717) is 35.3 Å². The molecule has 0 unspecified atom stereocenters. The summed E-state index contributed by atoms with van der Waals surface area (Å²) in [4.78, 5) is 26.4. The number of carbonyl (C=O) groups is 2. The standard InChI is InChI=1S/C28H26N2O5S/c1-19-11-13-20(14-12-19)27(32)28-26(23-9-2-3-10-25(23)35-28)29-18-24(31)21-7-6-8-22(17-21)36(33,34)30-15-4-5-16-30/h2-3,6-14,17,29H,4-5,15-16,18H2,1H3. The van der Waals surface area contributed by atoms with Crippen LogP contribution in [0.4, 0.5) is 5.69 Å². The van der Waals surface area contributed by atoms with Gasteiger partial charge in [0.25, 0.3) is 0 Å². The van der Waals surface area contributed by atoms with E-state index in [2.05, 4.69) is 5.32 Å². The van der Waals surface area contributed by atoms with Gasteiger partial charge in [0, 0.05) is 29.6 Å². The van der Waals surface area contributed by atoms with Crippen LogP contribution in [0.3, 0.4) is 0 Å². The topological polar surface area (TPSA) is 96.7 Å². The highest BCUT2D eigenvalue weighted by Gasteiger charge is 2.28. The number of rotatable bonds is 8. The Labute approximate surface area is 209 Å². The molecule has 4 aromatic rings. The van der Waals surface area contributed by atoms with Gasteiger partial charge in [0.05, 0.1) is 17.1 Å². The van der Waals surface area contributed by atoms with Gasteiger partial charge in [0.15, 0.2) is 11.5 Å². The monoisotopic (exact) mass is 502 g/mol. The summed E-state index contributed by atoms with van der Waals surface area (Å²) in [6.07, 6.45) is 1.67. The van der Waals surface area contributed by atoms with E-state index in [1.165, 1.54) is 16.4 Å². The SMILES string of the molecule is Cc1ccc(C(=O)c2oc3ccccc3c2NCC(=O)c2cccc(S(=O)(=O)N3CCCC3)c2)cc1. The third-order valence-electron chi connectivity index (χ3n) is 6.40. The molecule has 8 heteroatoms. The maximum atomic E-state index is 13.3. The molecule has 1 saturated heterocycles. The zero-order valence-electron chi connectivity index (χ0n) is 19.9. The van der Waals surface area contributed by atoms with Crippen LogP contribution in [0.25, 0.3) is 11.0 Å². The third-order valence-corrected chi connectivity index (χ3v) is 8.29. The molecular formula is C28H26N2O5S. The van der Waals surface area contributed by atoms with Crippen molar-refractivity contribution >= 4 is 38.2 Å². The lowest BCUT2D eigenvalue weighted by molar-refractivity contribution is 0.0997. The minimum absolute atomic E-state index is 0.110. The third kappa shape index (κ3) is 4.57. The van der Waals surface area contributed by atoms with Crippen LogP contribution < -0.4 is 5.32 Å². The zero-order valence-corrected chi connectivity index (χ0v) is 20.7. The van der Waals surface area contributed by atoms with E-state index in [9.17, 15) is 18.0 Å². The number of nitrogens with one attached hydrogen (secondary N) is 1. The van der Waals surface area contributed by atoms with E-state index < -0.39 is 10.0 Å². The fourth-order valence-electron chi connectivity index (χ4n) is 4.40. The summed E-state index contributed by atoms with van der Waals surface area (Å²) < 4.78 is 33.2. The van der Waals surface area contributed by atoms with Gasteiger partial charge in [0.1, 0.15) is 5.58 Å².